The van der Waals surface area contributed by atoms with Crippen molar-refractivity contribution in [1.82, 2.24) is 20.3 Å². The normalized spacial score (nSPS) is 12.0. The lowest BCUT2D eigenvalue weighted by Crippen LogP contribution is -2.45. The molecule has 0 bridgehead atoms. The summed E-state index contributed by atoms with van der Waals surface area (Å²) in [4.78, 5) is 28.8. The molecule has 0 aliphatic heterocycles. The van der Waals surface area contributed by atoms with Crippen molar-refractivity contribution in [3.63, 3.8) is 0 Å². The van der Waals surface area contributed by atoms with Crippen LogP contribution in [0.1, 0.15) is 30.0 Å². The number of methoxy groups -OCH3 is 1. The van der Waals surface area contributed by atoms with E-state index >= 15 is 0 Å². The quantitative estimate of drug-likeness (QED) is 0.353. The molecule has 0 aliphatic rings. The molecule has 4 rings (SSSR count). The fourth-order valence-electron chi connectivity index (χ4n) is 3.91. The molecule has 9 heteroatoms. The van der Waals surface area contributed by atoms with Gasteiger partial charge in [0.05, 0.1) is 12.1 Å². The molecule has 2 aromatic heterocycles. The van der Waals surface area contributed by atoms with Crippen molar-refractivity contribution < 1.29 is 18.7 Å². The van der Waals surface area contributed by atoms with Crippen LogP contribution in [-0.4, -0.2) is 47.1 Å². The molecular weight excluding hydrogens is 446 g/mol. The highest BCUT2D eigenvalue weighted by Gasteiger charge is 2.35. The van der Waals surface area contributed by atoms with Gasteiger partial charge in [0.1, 0.15) is 23.6 Å². The highest BCUT2D eigenvalue weighted by Crippen LogP contribution is 2.30. The number of fused-ring (bicyclic) bond motifs is 1. The molecule has 4 aromatic rings. The number of rotatable bonds is 10. The van der Waals surface area contributed by atoms with E-state index in [0.29, 0.717) is 35.9 Å². The minimum atomic E-state index is -1.02. The smallest absolute Gasteiger partial charge is 0.251 e. The predicted octanol–water partition coefficient (Wildman–Crippen LogP) is 3.43. The zero-order chi connectivity index (χ0) is 24.8. The van der Waals surface area contributed by atoms with E-state index in [4.69, 9.17) is 9.15 Å². The maximum Gasteiger partial charge on any atom is 0.251 e. The van der Waals surface area contributed by atoms with Gasteiger partial charge in [-0.1, -0.05) is 36.4 Å². The summed E-state index contributed by atoms with van der Waals surface area (Å²) < 4.78 is 12.5. The first-order valence-corrected chi connectivity index (χ1v) is 11.5. The Morgan fingerprint density at radius 1 is 1.11 bits per heavy atom. The number of nitrogens with one attached hydrogen (secondary N) is 1. The second kappa shape index (κ2) is 11.0. The summed E-state index contributed by atoms with van der Waals surface area (Å²) in [5.74, 6) is 0.318. The first-order chi connectivity index (χ1) is 17.0. The highest BCUT2D eigenvalue weighted by atomic mass is 16.5. The van der Waals surface area contributed by atoms with Gasteiger partial charge in [0.15, 0.2) is 6.04 Å². The Balaban J connectivity index is 1.75. The molecule has 2 aromatic carbocycles. The van der Waals surface area contributed by atoms with E-state index < -0.39 is 6.04 Å². The Hall–Kier alpha value is -3.98. The first kappa shape index (κ1) is 24.2. The third kappa shape index (κ3) is 5.41. The van der Waals surface area contributed by atoms with Crippen LogP contribution < -0.4 is 10.2 Å². The minimum Gasteiger partial charge on any atom is -0.464 e. The predicted molar refractivity (Wildman–Crippen MR) is 132 cm³/mol. The zero-order valence-electron chi connectivity index (χ0n) is 20.1. The number of hydrogen-bond donors (Lipinski definition) is 1. The fraction of sp³-hybridized carbons (Fsp3) is 0.308. The van der Waals surface area contributed by atoms with Crippen molar-refractivity contribution in [2.75, 3.05) is 25.2 Å². The number of nitrogens with zero attached hydrogens (tertiary/aromatic N) is 4. The van der Waals surface area contributed by atoms with Gasteiger partial charge in [-0.05, 0) is 55.3 Å². The second-order valence-corrected chi connectivity index (χ2v) is 8.15. The van der Waals surface area contributed by atoms with Crippen LogP contribution in [0.2, 0.25) is 0 Å². The van der Waals surface area contributed by atoms with Crippen LogP contribution in [-0.2, 0) is 27.3 Å². The number of hydrogen-bond acceptors (Lipinski definition) is 6. The number of carbonyl (C=O) groups excluding carboxylic acids is 2. The van der Waals surface area contributed by atoms with E-state index in [-0.39, 0.29) is 18.4 Å². The molecule has 9 nitrogen and oxygen atoms in total. The standard InChI is InChI=1S/C26H29N5O4/c1-4-19-10-12-20(13-11-19)31(24(32)17-30-22-8-6-5-7-21(22)28-29-30)25(23-14-9-18(2)35-23)26(33)27-15-16-34-3/h5-14,25H,4,15-17H2,1-3H3,(H,27,33)/t25-/m1/s1. The third-order valence-corrected chi connectivity index (χ3v) is 5.74. The molecule has 2 heterocycles. The molecule has 0 aliphatic carbocycles. The van der Waals surface area contributed by atoms with Crippen LogP contribution in [0, 0.1) is 6.92 Å². The lowest BCUT2D eigenvalue weighted by atomic mass is 10.1. The van der Waals surface area contributed by atoms with Crippen LogP contribution in [0.15, 0.2) is 65.1 Å². The monoisotopic (exact) mass is 475 g/mol. The number of ether oxygens (including phenoxy) is 1. The SMILES string of the molecule is CCc1ccc(N(C(=O)Cn2nnc3ccccc32)[C@@H](C(=O)NCCOC)c2ccc(C)o2)cc1. The molecule has 0 fully saturated rings. The maximum absolute atomic E-state index is 13.9. The summed E-state index contributed by atoms with van der Waals surface area (Å²) in [5, 5.41) is 11.2. The van der Waals surface area contributed by atoms with Crippen LogP contribution in [0.5, 0.6) is 0 Å². The fourth-order valence-corrected chi connectivity index (χ4v) is 3.91. The molecule has 2 amide bonds. The molecule has 0 radical (unpaired) electrons. The van der Waals surface area contributed by atoms with Gasteiger partial charge in [-0.3, -0.25) is 14.5 Å². The first-order valence-electron chi connectivity index (χ1n) is 11.5. The van der Waals surface area contributed by atoms with Crippen LogP contribution >= 0.6 is 0 Å². The molecule has 1 atom stereocenters. The number of anilines is 1. The Morgan fingerprint density at radius 3 is 2.57 bits per heavy atom. The lowest BCUT2D eigenvalue weighted by Gasteiger charge is -2.30. The average molecular weight is 476 g/mol. The van der Waals surface area contributed by atoms with E-state index in [2.05, 4.69) is 22.6 Å². The summed E-state index contributed by atoms with van der Waals surface area (Å²) in [7, 11) is 1.56. The second-order valence-electron chi connectivity index (χ2n) is 8.15. The van der Waals surface area contributed by atoms with Gasteiger partial charge in [0.2, 0.25) is 5.91 Å². The number of furan rings is 1. The number of carbonyl (C=O) groups is 2. The van der Waals surface area contributed by atoms with Crippen molar-refractivity contribution in [2.45, 2.75) is 32.9 Å². The van der Waals surface area contributed by atoms with E-state index in [0.717, 1.165) is 17.5 Å². The molecule has 0 saturated heterocycles. The summed E-state index contributed by atoms with van der Waals surface area (Å²) in [5.41, 5.74) is 3.13. The Kier molecular flexibility index (Phi) is 7.57. The topological polar surface area (TPSA) is 102 Å². The van der Waals surface area contributed by atoms with Gasteiger partial charge in [-0.25, -0.2) is 4.68 Å². The lowest BCUT2D eigenvalue weighted by molar-refractivity contribution is -0.127. The molecule has 0 saturated carbocycles. The molecule has 35 heavy (non-hydrogen) atoms. The summed E-state index contributed by atoms with van der Waals surface area (Å²) in [6.07, 6.45) is 0.859. The van der Waals surface area contributed by atoms with Crippen LogP contribution in [0.4, 0.5) is 5.69 Å². The van der Waals surface area contributed by atoms with Crippen molar-refractivity contribution in [3.05, 3.63) is 77.7 Å². The van der Waals surface area contributed by atoms with Gasteiger partial charge in [-0.15, -0.1) is 5.10 Å². The van der Waals surface area contributed by atoms with Crippen molar-refractivity contribution >= 4 is 28.5 Å². The van der Waals surface area contributed by atoms with E-state index in [1.165, 1.54) is 4.90 Å². The maximum atomic E-state index is 13.9. The van der Waals surface area contributed by atoms with Crippen molar-refractivity contribution in [3.8, 4) is 0 Å². The van der Waals surface area contributed by atoms with Gasteiger partial charge in [0, 0.05) is 19.3 Å². The molecule has 1 N–H and O–H groups in total. The Bertz CT molecular complexity index is 1290. The summed E-state index contributed by atoms with van der Waals surface area (Å²) in [6, 6.07) is 17.5. The van der Waals surface area contributed by atoms with Crippen molar-refractivity contribution in [2.24, 2.45) is 0 Å². The van der Waals surface area contributed by atoms with Crippen molar-refractivity contribution in [1.29, 1.82) is 0 Å². The van der Waals surface area contributed by atoms with Gasteiger partial charge in [0.25, 0.3) is 5.91 Å². The van der Waals surface area contributed by atoms with Gasteiger partial charge in [-0.2, -0.15) is 0 Å². The number of aromatic nitrogens is 3. The van der Waals surface area contributed by atoms with E-state index in [1.54, 1.807) is 30.8 Å². The third-order valence-electron chi connectivity index (χ3n) is 5.74. The largest absolute Gasteiger partial charge is 0.464 e. The molecule has 0 spiro atoms. The van der Waals surface area contributed by atoms with E-state index in [9.17, 15) is 9.59 Å². The summed E-state index contributed by atoms with van der Waals surface area (Å²) in [6.45, 7) is 4.41. The molecular formula is C26H29N5O4. The number of para-hydroxylation sites is 1. The van der Waals surface area contributed by atoms with Gasteiger partial charge >= 0.3 is 0 Å². The number of benzene rings is 2. The Morgan fingerprint density at radius 2 is 1.89 bits per heavy atom. The highest BCUT2D eigenvalue weighted by molar-refractivity contribution is 6.01. The average Bonchev–Trinajstić information content (AvgIpc) is 3.48. The Labute approximate surface area is 203 Å². The molecule has 0 unspecified atom stereocenters. The van der Waals surface area contributed by atoms with E-state index in [1.807, 2.05) is 48.5 Å². The minimum absolute atomic E-state index is 0.0996. The van der Waals surface area contributed by atoms with Gasteiger partial charge < -0.3 is 14.5 Å². The number of amides is 2. The van der Waals surface area contributed by atoms with Crippen LogP contribution in [0.3, 0.4) is 0 Å². The van der Waals surface area contributed by atoms with Crippen LogP contribution in [0.25, 0.3) is 11.0 Å². The zero-order valence-corrected chi connectivity index (χ0v) is 20.1. The summed E-state index contributed by atoms with van der Waals surface area (Å²) >= 11 is 0. The number of aryl methyl sites for hydroxylation is 2. The molecule has 182 valence electrons.